The van der Waals surface area contributed by atoms with E-state index in [0.29, 0.717) is 54.3 Å². The van der Waals surface area contributed by atoms with Crippen LogP contribution < -0.4 is 14.2 Å². The van der Waals surface area contributed by atoms with Crippen LogP contribution in [0, 0.1) is 11.8 Å². The highest BCUT2D eigenvalue weighted by Gasteiger charge is 2.44. The Kier molecular flexibility index (Phi) is 5.38. The van der Waals surface area contributed by atoms with Crippen molar-refractivity contribution >= 4 is 11.9 Å². The van der Waals surface area contributed by atoms with Crippen molar-refractivity contribution in [3.05, 3.63) is 53.6 Å². The minimum absolute atomic E-state index is 0.118. The van der Waals surface area contributed by atoms with E-state index in [4.69, 9.17) is 18.9 Å². The number of nitrogens with zero attached hydrogens (tertiary/aromatic N) is 1. The molecule has 1 amide bonds. The number of hydrogen-bond donors (Lipinski definition) is 1. The molecular formula is C24H25NO7. The SMILES string of the molecule is COC(=O)c1cccc(C(=O)N2C[C@H]3C[C@@H](Oc4ccc5c(c4)OCO5)[C@H](O)C[C@H]3C2)c1. The molecule has 5 rings (SSSR count). The summed E-state index contributed by atoms with van der Waals surface area (Å²) >= 11 is 0. The van der Waals surface area contributed by atoms with E-state index in [0.717, 1.165) is 0 Å². The van der Waals surface area contributed by atoms with Crippen molar-refractivity contribution in [2.45, 2.75) is 25.0 Å². The van der Waals surface area contributed by atoms with Crippen LogP contribution in [0.25, 0.3) is 0 Å². The minimum Gasteiger partial charge on any atom is -0.488 e. The zero-order chi connectivity index (χ0) is 22.2. The first-order valence-corrected chi connectivity index (χ1v) is 10.7. The predicted octanol–water partition coefficient (Wildman–Crippen LogP) is 2.49. The lowest BCUT2D eigenvalue weighted by atomic mass is 9.78. The molecule has 0 unspecified atom stereocenters. The van der Waals surface area contributed by atoms with Gasteiger partial charge >= 0.3 is 5.97 Å². The van der Waals surface area contributed by atoms with Crippen LogP contribution in [0.3, 0.4) is 0 Å². The fraction of sp³-hybridized carbons (Fsp3) is 0.417. The van der Waals surface area contributed by atoms with Crippen LogP contribution in [-0.2, 0) is 4.74 Å². The molecule has 3 aliphatic rings. The van der Waals surface area contributed by atoms with E-state index < -0.39 is 12.1 Å². The summed E-state index contributed by atoms with van der Waals surface area (Å²) in [7, 11) is 1.31. The number of benzene rings is 2. The van der Waals surface area contributed by atoms with Gasteiger partial charge in [-0.1, -0.05) is 6.07 Å². The van der Waals surface area contributed by atoms with E-state index >= 15 is 0 Å². The second kappa shape index (κ2) is 8.35. The largest absolute Gasteiger partial charge is 0.488 e. The van der Waals surface area contributed by atoms with Crippen molar-refractivity contribution in [2.24, 2.45) is 11.8 Å². The van der Waals surface area contributed by atoms with Crippen LogP contribution in [0.15, 0.2) is 42.5 Å². The van der Waals surface area contributed by atoms with E-state index in [1.165, 1.54) is 7.11 Å². The summed E-state index contributed by atoms with van der Waals surface area (Å²) in [4.78, 5) is 26.7. The van der Waals surface area contributed by atoms with Crippen molar-refractivity contribution in [3.63, 3.8) is 0 Å². The molecule has 168 valence electrons. The molecule has 0 aromatic heterocycles. The second-order valence-corrected chi connectivity index (χ2v) is 8.51. The summed E-state index contributed by atoms with van der Waals surface area (Å²) in [5.74, 6) is 1.82. The summed E-state index contributed by atoms with van der Waals surface area (Å²) in [6, 6.07) is 12.0. The molecule has 1 N–H and O–H groups in total. The van der Waals surface area contributed by atoms with Gasteiger partial charge in [-0.05, 0) is 55.0 Å². The summed E-state index contributed by atoms with van der Waals surface area (Å²) in [6.07, 6.45) is 0.270. The Morgan fingerprint density at radius 3 is 2.56 bits per heavy atom. The molecule has 2 heterocycles. The number of rotatable bonds is 4. The molecule has 0 bridgehead atoms. The lowest BCUT2D eigenvalue weighted by molar-refractivity contribution is -0.0232. The maximum absolute atomic E-state index is 13.1. The van der Waals surface area contributed by atoms with Gasteiger partial charge in [0.2, 0.25) is 6.79 Å². The molecule has 2 fully saturated rings. The van der Waals surface area contributed by atoms with Crippen LogP contribution in [0.5, 0.6) is 17.2 Å². The van der Waals surface area contributed by atoms with Crippen LogP contribution >= 0.6 is 0 Å². The number of methoxy groups -OCH3 is 1. The van der Waals surface area contributed by atoms with Crippen molar-refractivity contribution in [2.75, 3.05) is 27.0 Å². The Labute approximate surface area is 185 Å². The van der Waals surface area contributed by atoms with Gasteiger partial charge in [0, 0.05) is 24.7 Å². The average Bonchev–Trinajstić information content (AvgIpc) is 3.44. The summed E-state index contributed by atoms with van der Waals surface area (Å²) in [6.45, 7) is 1.38. The molecule has 8 heteroatoms. The van der Waals surface area contributed by atoms with Gasteiger partial charge in [-0.25, -0.2) is 4.79 Å². The van der Waals surface area contributed by atoms with E-state index in [1.54, 1.807) is 41.3 Å². The van der Waals surface area contributed by atoms with Crippen LogP contribution in [-0.4, -0.2) is 61.1 Å². The Hall–Kier alpha value is -3.26. The third-order valence-electron chi connectivity index (χ3n) is 6.53. The van der Waals surface area contributed by atoms with Gasteiger partial charge in [0.1, 0.15) is 11.9 Å². The molecule has 2 aromatic carbocycles. The number of carbonyl (C=O) groups is 2. The quantitative estimate of drug-likeness (QED) is 0.732. The van der Waals surface area contributed by atoms with Gasteiger partial charge in [-0.15, -0.1) is 0 Å². The highest BCUT2D eigenvalue weighted by molar-refractivity contribution is 5.98. The third kappa shape index (κ3) is 3.86. The van der Waals surface area contributed by atoms with Crippen molar-refractivity contribution in [3.8, 4) is 17.2 Å². The lowest BCUT2D eigenvalue weighted by Crippen LogP contribution is -2.42. The number of likely N-dealkylation sites (tertiary alicyclic amines) is 1. The Morgan fingerprint density at radius 2 is 1.75 bits per heavy atom. The minimum atomic E-state index is -0.612. The normalized spacial score (nSPS) is 25.9. The second-order valence-electron chi connectivity index (χ2n) is 8.51. The highest BCUT2D eigenvalue weighted by atomic mass is 16.7. The van der Waals surface area contributed by atoms with Crippen LogP contribution in [0.4, 0.5) is 0 Å². The summed E-state index contributed by atoms with van der Waals surface area (Å²) in [5.41, 5.74) is 0.808. The molecule has 8 nitrogen and oxygen atoms in total. The van der Waals surface area contributed by atoms with Crippen molar-refractivity contribution in [1.29, 1.82) is 0 Å². The number of ether oxygens (including phenoxy) is 4. The van der Waals surface area contributed by atoms with Gasteiger partial charge in [0.05, 0.1) is 18.8 Å². The Bertz CT molecular complexity index is 1040. The van der Waals surface area contributed by atoms with Gasteiger partial charge in [0.15, 0.2) is 11.5 Å². The van der Waals surface area contributed by atoms with Crippen molar-refractivity contribution < 1.29 is 33.6 Å². The van der Waals surface area contributed by atoms with E-state index in [2.05, 4.69) is 0 Å². The maximum atomic E-state index is 13.1. The topological polar surface area (TPSA) is 94.5 Å². The number of esters is 1. The standard InChI is InChI=1S/C24H25NO7/c1-29-24(28)15-4-2-3-14(7-15)23(27)25-11-16-8-19(26)21(9-17(16)12-25)32-18-5-6-20-22(10-18)31-13-30-20/h2-7,10,16-17,19,21,26H,8-9,11-13H2,1H3/t16-,17+,19+,21+/m0/s1. The highest BCUT2D eigenvalue weighted by Crippen LogP contribution is 2.40. The zero-order valence-electron chi connectivity index (χ0n) is 17.7. The number of aliphatic hydroxyl groups is 1. The molecule has 0 spiro atoms. The molecule has 0 radical (unpaired) electrons. The lowest BCUT2D eigenvalue weighted by Gasteiger charge is -2.35. The van der Waals surface area contributed by atoms with E-state index in [1.807, 2.05) is 6.07 Å². The van der Waals surface area contributed by atoms with Gasteiger partial charge < -0.3 is 29.0 Å². The van der Waals surface area contributed by atoms with Gasteiger partial charge in [0.25, 0.3) is 5.91 Å². The maximum Gasteiger partial charge on any atom is 0.337 e. The first kappa shape index (κ1) is 20.6. The first-order valence-electron chi connectivity index (χ1n) is 10.7. The van der Waals surface area contributed by atoms with Crippen molar-refractivity contribution in [1.82, 2.24) is 4.90 Å². The number of aliphatic hydroxyl groups excluding tert-OH is 1. The molecule has 2 aromatic rings. The smallest absolute Gasteiger partial charge is 0.337 e. The number of hydrogen-bond acceptors (Lipinski definition) is 7. The Balaban J connectivity index is 1.25. The van der Waals surface area contributed by atoms with E-state index in [-0.39, 0.29) is 30.6 Å². The zero-order valence-corrected chi connectivity index (χ0v) is 17.7. The first-order chi connectivity index (χ1) is 15.5. The molecule has 1 aliphatic carbocycles. The molecule has 1 saturated heterocycles. The van der Waals surface area contributed by atoms with Gasteiger partial charge in [-0.2, -0.15) is 0 Å². The predicted molar refractivity (Wildman–Crippen MR) is 113 cm³/mol. The van der Waals surface area contributed by atoms with E-state index in [9.17, 15) is 14.7 Å². The van der Waals surface area contributed by atoms with Crippen LogP contribution in [0.1, 0.15) is 33.6 Å². The number of carbonyl (C=O) groups excluding carboxylic acids is 2. The third-order valence-corrected chi connectivity index (χ3v) is 6.53. The fourth-order valence-corrected chi connectivity index (χ4v) is 4.89. The number of amides is 1. The molecule has 2 aliphatic heterocycles. The molecule has 4 atom stereocenters. The summed E-state index contributed by atoms with van der Waals surface area (Å²) < 4.78 is 21.6. The number of fused-ring (bicyclic) bond motifs is 2. The van der Waals surface area contributed by atoms with Crippen LogP contribution in [0.2, 0.25) is 0 Å². The molecule has 32 heavy (non-hydrogen) atoms. The monoisotopic (exact) mass is 439 g/mol. The molecular weight excluding hydrogens is 414 g/mol. The fourth-order valence-electron chi connectivity index (χ4n) is 4.89. The molecule has 1 saturated carbocycles. The Morgan fingerprint density at radius 1 is 1.00 bits per heavy atom. The average molecular weight is 439 g/mol. The van der Waals surface area contributed by atoms with Gasteiger partial charge in [-0.3, -0.25) is 4.79 Å². The summed E-state index contributed by atoms with van der Waals surface area (Å²) in [5, 5.41) is 10.7.